The minimum absolute atomic E-state index is 0.250. The van der Waals surface area contributed by atoms with Crippen LogP contribution < -0.4 is 0 Å². The van der Waals surface area contributed by atoms with Crippen LogP contribution in [-0.2, 0) is 0 Å². The van der Waals surface area contributed by atoms with E-state index in [9.17, 15) is 0 Å². The molecule has 1 aliphatic carbocycles. The first-order valence-electron chi connectivity index (χ1n) is 21.2. The molecule has 9 aromatic carbocycles. The first kappa shape index (κ1) is 34.7. The molecule has 13 rings (SSSR count). The second-order valence-electron chi connectivity index (χ2n) is 16.3. The highest BCUT2D eigenvalue weighted by molar-refractivity contribution is 6.24. The van der Waals surface area contributed by atoms with Crippen LogP contribution in [0.25, 0.3) is 116 Å². The van der Waals surface area contributed by atoms with Crippen LogP contribution in [-0.4, -0.2) is 19.5 Å². The molecular formula is C57H36N4O. The number of furan rings is 1. The molecule has 0 saturated heterocycles. The van der Waals surface area contributed by atoms with Crippen molar-refractivity contribution in [1.82, 2.24) is 19.5 Å². The summed E-state index contributed by atoms with van der Waals surface area (Å²) < 4.78 is 9.00. The smallest absolute Gasteiger partial charge is 0.164 e. The van der Waals surface area contributed by atoms with E-state index in [1.165, 1.54) is 48.9 Å². The topological polar surface area (TPSA) is 56.7 Å². The molecule has 3 aromatic heterocycles. The Morgan fingerprint density at radius 3 is 2.05 bits per heavy atom. The maximum Gasteiger partial charge on any atom is 0.164 e. The Labute approximate surface area is 356 Å². The molecule has 1 unspecified atom stereocenters. The first-order valence-corrected chi connectivity index (χ1v) is 21.2. The van der Waals surface area contributed by atoms with Gasteiger partial charge in [0.25, 0.3) is 0 Å². The van der Waals surface area contributed by atoms with Gasteiger partial charge in [-0.3, -0.25) is 0 Å². The van der Waals surface area contributed by atoms with Gasteiger partial charge >= 0.3 is 0 Å². The Bertz CT molecular complexity index is 3850. The van der Waals surface area contributed by atoms with Gasteiger partial charge in [-0.15, -0.1) is 0 Å². The fourth-order valence-electron chi connectivity index (χ4n) is 9.80. The molecule has 0 saturated carbocycles. The molecular weight excluding hydrogens is 757 g/mol. The van der Waals surface area contributed by atoms with Gasteiger partial charge in [-0.25, -0.2) is 15.0 Å². The van der Waals surface area contributed by atoms with Crippen LogP contribution in [0.15, 0.2) is 205 Å². The summed E-state index contributed by atoms with van der Waals surface area (Å²) in [5.41, 5.74) is 9.25. The quantitative estimate of drug-likeness (QED) is 0.174. The Morgan fingerprint density at radius 2 is 1.18 bits per heavy atom. The second-order valence-corrected chi connectivity index (χ2v) is 16.3. The minimum atomic E-state index is 0.250. The van der Waals surface area contributed by atoms with Crippen LogP contribution >= 0.6 is 0 Å². The van der Waals surface area contributed by atoms with E-state index < -0.39 is 0 Å². The molecule has 0 aliphatic heterocycles. The van der Waals surface area contributed by atoms with Gasteiger partial charge in [-0.2, -0.15) is 0 Å². The highest BCUT2D eigenvalue weighted by Gasteiger charge is 2.21. The Morgan fingerprint density at radius 1 is 0.452 bits per heavy atom. The van der Waals surface area contributed by atoms with E-state index in [4.69, 9.17) is 19.4 Å². The van der Waals surface area contributed by atoms with E-state index in [1.807, 2.05) is 18.2 Å². The highest BCUT2D eigenvalue weighted by Crippen LogP contribution is 2.42. The Hall–Kier alpha value is -8.15. The van der Waals surface area contributed by atoms with E-state index in [0.29, 0.717) is 17.5 Å². The fraction of sp³-hybridized carbons (Fsp3) is 0.0351. The summed E-state index contributed by atoms with van der Waals surface area (Å²) in [6.07, 6.45) is 9.66. The maximum absolute atomic E-state index is 6.58. The number of hydrogen-bond donors (Lipinski definition) is 0. The van der Waals surface area contributed by atoms with Gasteiger partial charge in [0.1, 0.15) is 11.2 Å². The number of fused-ring (bicyclic) bond motifs is 11. The standard InChI is InChI=1S/C57H36N4O/c1-3-13-35(14-4-1)43-20-11-12-22-46(43)57-59-55(37-16-5-2-6-17-37)58-56(60-57)41-23-27-45-40(31-41)25-29-52-54(45)48-34-42(26-30-51(48)62-52)61-49-28-24-36-15-9-10-21-44(36)53(49)47-32-38-18-7-8-19-39(38)33-50(47)61/h1-13,15-35H,14H2. The van der Waals surface area contributed by atoms with E-state index in [2.05, 4.69) is 187 Å². The maximum atomic E-state index is 6.58. The summed E-state index contributed by atoms with van der Waals surface area (Å²) in [4.78, 5) is 15.4. The van der Waals surface area contributed by atoms with Gasteiger partial charge in [0, 0.05) is 49.8 Å². The molecule has 290 valence electrons. The predicted octanol–water partition coefficient (Wildman–Crippen LogP) is 14.9. The minimum Gasteiger partial charge on any atom is -0.456 e. The summed E-state index contributed by atoms with van der Waals surface area (Å²) in [6.45, 7) is 0. The number of aromatic nitrogens is 4. The zero-order valence-electron chi connectivity index (χ0n) is 33.5. The third-order valence-electron chi connectivity index (χ3n) is 12.7. The van der Waals surface area contributed by atoms with Crippen molar-refractivity contribution in [2.75, 3.05) is 0 Å². The first-order chi connectivity index (χ1) is 30.7. The zero-order chi connectivity index (χ0) is 40.7. The van der Waals surface area contributed by atoms with Crippen molar-refractivity contribution < 1.29 is 4.42 Å². The number of hydrogen-bond acceptors (Lipinski definition) is 4. The van der Waals surface area contributed by atoms with Gasteiger partial charge in [0.15, 0.2) is 17.5 Å². The number of rotatable bonds is 5. The van der Waals surface area contributed by atoms with Gasteiger partial charge in [-0.05, 0) is 92.8 Å². The van der Waals surface area contributed by atoms with Crippen LogP contribution in [0.3, 0.4) is 0 Å². The second kappa shape index (κ2) is 13.7. The molecule has 5 heteroatoms. The van der Waals surface area contributed by atoms with Crippen LogP contribution in [0.4, 0.5) is 0 Å². The summed E-state index contributed by atoms with van der Waals surface area (Å²) in [7, 11) is 0. The molecule has 0 N–H and O–H groups in total. The monoisotopic (exact) mass is 792 g/mol. The number of benzene rings is 9. The van der Waals surface area contributed by atoms with Crippen molar-refractivity contribution in [3.63, 3.8) is 0 Å². The van der Waals surface area contributed by atoms with Crippen molar-refractivity contribution in [2.45, 2.75) is 12.3 Å². The van der Waals surface area contributed by atoms with Crippen molar-refractivity contribution in [3.8, 4) is 39.9 Å². The van der Waals surface area contributed by atoms with Crippen LogP contribution in [0.2, 0.25) is 0 Å². The summed E-state index contributed by atoms with van der Waals surface area (Å²) >= 11 is 0. The number of nitrogens with zero attached hydrogens (tertiary/aromatic N) is 4. The lowest BCUT2D eigenvalue weighted by molar-refractivity contribution is 0.669. The van der Waals surface area contributed by atoms with Gasteiger partial charge in [0.05, 0.1) is 11.0 Å². The third kappa shape index (κ3) is 5.45. The fourth-order valence-corrected chi connectivity index (χ4v) is 9.80. The summed E-state index contributed by atoms with van der Waals surface area (Å²) in [5.74, 6) is 2.20. The Kier molecular flexibility index (Phi) is 7.66. The van der Waals surface area contributed by atoms with Gasteiger partial charge in [-0.1, -0.05) is 152 Å². The van der Waals surface area contributed by atoms with Gasteiger partial charge in [0.2, 0.25) is 0 Å². The molecule has 0 bridgehead atoms. The lowest BCUT2D eigenvalue weighted by Gasteiger charge is -2.18. The van der Waals surface area contributed by atoms with Crippen molar-refractivity contribution >= 4 is 76.1 Å². The van der Waals surface area contributed by atoms with Crippen LogP contribution in [0, 0.1) is 0 Å². The van der Waals surface area contributed by atoms with E-state index in [1.54, 1.807) is 0 Å². The molecule has 3 heterocycles. The average Bonchev–Trinajstić information content (AvgIpc) is 3.88. The molecule has 12 aromatic rings. The molecule has 1 aliphatic rings. The largest absolute Gasteiger partial charge is 0.456 e. The predicted molar refractivity (Wildman–Crippen MR) is 256 cm³/mol. The molecule has 0 fully saturated rings. The van der Waals surface area contributed by atoms with Gasteiger partial charge < -0.3 is 8.98 Å². The molecule has 0 amide bonds. The van der Waals surface area contributed by atoms with Crippen molar-refractivity contribution in [2.24, 2.45) is 0 Å². The van der Waals surface area contributed by atoms with Crippen LogP contribution in [0.5, 0.6) is 0 Å². The molecule has 0 radical (unpaired) electrons. The summed E-state index contributed by atoms with van der Waals surface area (Å²) in [5, 5.41) is 11.8. The highest BCUT2D eigenvalue weighted by atomic mass is 16.3. The third-order valence-corrected chi connectivity index (χ3v) is 12.7. The lowest BCUT2D eigenvalue weighted by atomic mass is 9.89. The summed E-state index contributed by atoms with van der Waals surface area (Å²) in [6, 6.07) is 62.7. The Balaban J connectivity index is 0.990. The molecule has 62 heavy (non-hydrogen) atoms. The zero-order valence-corrected chi connectivity index (χ0v) is 33.5. The van der Waals surface area contributed by atoms with Crippen molar-refractivity contribution in [3.05, 3.63) is 206 Å². The normalized spacial score (nSPS) is 14.1. The van der Waals surface area contributed by atoms with Crippen molar-refractivity contribution in [1.29, 1.82) is 0 Å². The number of allylic oxidation sites excluding steroid dienone is 4. The SMILES string of the molecule is C1=CCC(c2ccccc2-c2nc(-c3ccccc3)nc(-c3ccc4c(ccc5oc6ccc(-n7c8cc9ccccc9cc8c8c9ccccc9ccc87)cc6c54)c3)n2)C=C1. The van der Waals surface area contributed by atoms with E-state index >= 15 is 0 Å². The average molecular weight is 793 g/mol. The molecule has 0 spiro atoms. The van der Waals surface area contributed by atoms with Crippen LogP contribution in [0.1, 0.15) is 17.9 Å². The van der Waals surface area contributed by atoms with E-state index in [0.717, 1.165) is 61.5 Å². The molecule has 5 nitrogen and oxygen atoms in total. The lowest BCUT2D eigenvalue weighted by Crippen LogP contribution is -2.04. The molecule has 1 atom stereocenters. The van der Waals surface area contributed by atoms with E-state index in [-0.39, 0.29) is 5.92 Å².